The highest BCUT2D eigenvalue weighted by Crippen LogP contribution is 2.30. The first kappa shape index (κ1) is 15.3. The molecule has 23 heavy (non-hydrogen) atoms. The second kappa shape index (κ2) is 5.89. The van der Waals surface area contributed by atoms with Gasteiger partial charge in [0.2, 0.25) is 14.2 Å². The number of nitrogens with zero attached hydrogens (tertiary/aromatic N) is 3. The van der Waals surface area contributed by atoms with Crippen LogP contribution in [0.4, 0.5) is 5.88 Å². The number of rotatable bonds is 5. The molecule has 0 aliphatic rings. The molecule has 1 aromatic carbocycles. The molecule has 10 heteroatoms. The fraction of sp³-hybridized carbons (Fsp3) is 0.0769. The van der Waals surface area contributed by atoms with Crippen molar-refractivity contribution in [1.29, 1.82) is 0 Å². The summed E-state index contributed by atoms with van der Waals surface area (Å²) in [5.74, 6) is -0.528. The van der Waals surface area contributed by atoms with E-state index in [4.69, 9.17) is 4.42 Å². The zero-order valence-electron chi connectivity index (χ0n) is 11.4. The van der Waals surface area contributed by atoms with Crippen LogP contribution in [0.5, 0.6) is 0 Å². The summed E-state index contributed by atoms with van der Waals surface area (Å²) in [6.07, 6.45) is 0. The Morgan fingerprint density at radius 3 is 2.52 bits per heavy atom. The number of aromatic nitrogens is 2. The molecule has 0 aliphatic carbocycles. The predicted octanol–water partition coefficient (Wildman–Crippen LogP) is 2.68. The molecule has 0 saturated heterocycles. The van der Waals surface area contributed by atoms with Gasteiger partial charge in [0, 0.05) is 0 Å². The third-order valence-electron chi connectivity index (χ3n) is 2.85. The van der Waals surface area contributed by atoms with Crippen LogP contribution < -0.4 is 0 Å². The molecule has 0 amide bonds. The first-order valence-electron chi connectivity index (χ1n) is 6.30. The second-order valence-corrected chi connectivity index (χ2v) is 7.65. The smallest absolute Gasteiger partial charge is 0.398 e. The van der Waals surface area contributed by atoms with Crippen molar-refractivity contribution in [3.05, 3.63) is 58.1 Å². The van der Waals surface area contributed by atoms with E-state index in [2.05, 4.69) is 10.2 Å². The molecule has 0 saturated carbocycles. The first-order chi connectivity index (χ1) is 11.0. The fourth-order valence-corrected chi connectivity index (χ4v) is 4.21. The molecule has 0 atom stereocenters. The van der Waals surface area contributed by atoms with Gasteiger partial charge in [0.15, 0.2) is 10.8 Å². The summed E-state index contributed by atoms with van der Waals surface area (Å²) in [6, 6.07) is 11.2. The molecule has 0 spiro atoms. The van der Waals surface area contributed by atoms with Crippen LogP contribution in [-0.4, -0.2) is 23.5 Å². The molecule has 0 N–H and O–H groups in total. The maximum absolute atomic E-state index is 12.3. The van der Waals surface area contributed by atoms with Crippen LogP contribution in [-0.2, 0) is 15.6 Å². The summed E-state index contributed by atoms with van der Waals surface area (Å²) in [5, 5.41) is 18.2. The van der Waals surface area contributed by atoms with Crippen molar-refractivity contribution < 1.29 is 17.8 Å². The number of hydrogen-bond acceptors (Lipinski definition) is 8. The molecule has 0 fully saturated rings. The average molecular weight is 351 g/mol. The van der Waals surface area contributed by atoms with Crippen molar-refractivity contribution in [1.82, 2.24) is 10.2 Å². The van der Waals surface area contributed by atoms with Crippen LogP contribution >= 0.6 is 11.3 Å². The molecule has 0 bridgehead atoms. The van der Waals surface area contributed by atoms with Gasteiger partial charge in [-0.3, -0.25) is 10.1 Å². The summed E-state index contributed by atoms with van der Waals surface area (Å²) in [4.78, 5) is 9.91. The van der Waals surface area contributed by atoms with E-state index in [0.717, 1.165) is 11.3 Å². The Hall–Kier alpha value is -2.59. The van der Waals surface area contributed by atoms with E-state index in [1.807, 2.05) is 0 Å². The van der Waals surface area contributed by atoms with Gasteiger partial charge in [-0.1, -0.05) is 41.7 Å². The lowest BCUT2D eigenvalue weighted by molar-refractivity contribution is -0.401. The topological polar surface area (TPSA) is 116 Å². The van der Waals surface area contributed by atoms with Crippen LogP contribution in [0, 0.1) is 10.1 Å². The zero-order valence-corrected chi connectivity index (χ0v) is 13.1. The SMILES string of the molecule is O=[N+]([O-])c1ccc(-c2nnc(S(=O)(=O)Cc3ccccc3)s2)o1. The minimum absolute atomic E-state index is 0.107. The van der Waals surface area contributed by atoms with Crippen molar-refractivity contribution in [2.75, 3.05) is 0 Å². The van der Waals surface area contributed by atoms with Gasteiger partial charge < -0.3 is 4.42 Å². The Kier molecular flexibility index (Phi) is 3.92. The lowest BCUT2D eigenvalue weighted by Crippen LogP contribution is -2.04. The highest BCUT2D eigenvalue weighted by molar-refractivity contribution is 7.92. The second-order valence-electron chi connectivity index (χ2n) is 4.51. The van der Waals surface area contributed by atoms with Crippen molar-refractivity contribution in [3.8, 4) is 10.8 Å². The highest BCUT2D eigenvalue weighted by atomic mass is 32.2. The van der Waals surface area contributed by atoms with Crippen molar-refractivity contribution in [3.63, 3.8) is 0 Å². The van der Waals surface area contributed by atoms with E-state index in [-0.39, 0.29) is 20.9 Å². The molecular formula is C13H9N3O5S2. The standard InChI is InChI=1S/C13H9N3O5S2/c17-16(18)11-7-6-10(21-11)12-14-15-13(22-12)23(19,20)8-9-4-2-1-3-5-9/h1-7H,8H2. The molecule has 0 aliphatic heterocycles. The fourth-order valence-electron chi connectivity index (χ4n) is 1.83. The van der Waals surface area contributed by atoms with E-state index in [1.54, 1.807) is 30.3 Å². The third-order valence-corrected chi connectivity index (χ3v) is 5.93. The Morgan fingerprint density at radius 1 is 1.13 bits per heavy atom. The van der Waals surface area contributed by atoms with Crippen LogP contribution in [0.25, 0.3) is 10.8 Å². The summed E-state index contributed by atoms with van der Waals surface area (Å²) < 4.78 is 29.5. The van der Waals surface area contributed by atoms with E-state index in [9.17, 15) is 18.5 Å². The molecule has 3 aromatic rings. The number of sulfone groups is 1. The van der Waals surface area contributed by atoms with Crippen LogP contribution in [0.2, 0.25) is 0 Å². The van der Waals surface area contributed by atoms with E-state index in [1.165, 1.54) is 12.1 Å². The Morgan fingerprint density at radius 2 is 1.87 bits per heavy atom. The molecule has 2 heterocycles. The van der Waals surface area contributed by atoms with E-state index >= 15 is 0 Å². The Bertz CT molecular complexity index is 947. The molecular weight excluding hydrogens is 342 g/mol. The van der Waals surface area contributed by atoms with Gasteiger partial charge in [0.05, 0.1) is 11.8 Å². The maximum Gasteiger partial charge on any atom is 0.433 e. The van der Waals surface area contributed by atoms with Crippen LogP contribution in [0.1, 0.15) is 5.56 Å². The van der Waals surface area contributed by atoms with E-state index < -0.39 is 20.6 Å². The monoisotopic (exact) mass is 351 g/mol. The lowest BCUT2D eigenvalue weighted by atomic mass is 10.2. The van der Waals surface area contributed by atoms with Crippen molar-refractivity contribution in [2.24, 2.45) is 0 Å². The van der Waals surface area contributed by atoms with Gasteiger partial charge in [-0.25, -0.2) is 8.42 Å². The minimum Gasteiger partial charge on any atom is -0.398 e. The molecule has 2 aromatic heterocycles. The van der Waals surface area contributed by atoms with Gasteiger partial charge in [-0.2, -0.15) is 0 Å². The zero-order chi connectivity index (χ0) is 16.4. The summed E-state index contributed by atoms with van der Waals surface area (Å²) >= 11 is 0.811. The molecule has 0 unspecified atom stereocenters. The normalized spacial score (nSPS) is 11.5. The van der Waals surface area contributed by atoms with Crippen molar-refractivity contribution >= 4 is 27.1 Å². The number of furan rings is 1. The third kappa shape index (κ3) is 3.27. The Balaban J connectivity index is 1.87. The first-order valence-corrected chi connectivity index (χ1v) is 8.77. The van der Waals surface area contributed by atoms with E-state index in [0.29, 0.717) is 5.56 Å². The van der Waals surface area contributed by atoms with Gasteiger partial charge in [-0.15, -0.1) is 10.2 Å². The molecule has 8 nitrogen and oxygen atoms in total. The van der Waals surface area contributed by atoms with Gasteiger partial charge in [0.25, 0.3) is 0 Å². The van der Waals surface area contributed by atoms with Crippen molar-refractivity contribution in [2.45, 2.75) is 10.1 Å². The average Bonchev–Trinajstić information content (AvgIpc) is 3.17. The van der Waals surface area contributed by atoms with Gasteiger partial charge >= 0.3 is 5.88 Å². The highest BCUT2D eigenvalue weighted by Gasteiger charge is 2.23. The molecule has 0 radical (unpaired) electrons. The quantitative estimate of drug-likeness (QED) is 0.512. The maximum atomic E-state index is 12.3. The van der Waals surface area contributed by atoms with Gasteiger partial charge in [-0.05, 0) is 11.6 Å². The minimum atomic E-state index is -3.64. The molecule has 118 valence electrons. The largest absolute Gasteiger partial charge is 0.433 e. The van der Waals surface area contributed by atoms with Crippen LogP contribution in [0.15, 0.2) is 51.2 Å². The lowest BCUT2D eigenvalue weighted by Gasteiger charge is -1.99. The number of benzene rings is 1. The number of nitro groups is 1. The molecule has 3 rings (SSSR count). The summed E-state index contributed by atoms with van der Waals surface area (Å²) in [6.45, 7) is 0. The number of hydrogen-bond donors (Lipinski definition) is 0. The predicted molar refractivity (Wildman–Crippen MR) is 81.6 cm³/mol. The van der Waals surface area contributed by atoms with Gasteiger partial charge in [0.1, 0.15) is 4.92 Å². The summed E-state index contributed by atoms with van der Waals surface area (Å²) in [5.41, 5.74) is 0.637. The van der Waals surface area contributed by atoms with Crippen LogP contribution in [0.3, 0.4) is 0 Å². The summed E-state index contributed by atoms with van der Waals surface area (Å²) in [7, 11) is -3.64. The Labute approximate surface area is 134 Å².